The van der Waals surface area contributed by atoms with Gasteiger partial charge in [0, 0.05) is 11.8 Å². The molecule has 5 nitrogen and oxygen atoms in total. The van der Waals surface area contributed by atoms with Gasteiger partial charge in [-0.15, -0.1) is 0 Å². The molecular formula is C22H19N3O2. The molecule has 27 heavy (non-hydrogen) atoms. The zero-order chi connectivity index (χ0) is 18.6. The van der Waals surface area contributed by atoms with Crippen molar-refractivity contribution in [1.29, 1.82) is 0 Å². The van der Waals surface area contributed by atoms with E-state index >= 15 is 0 Å². The van der Waals surface area contributed by atoms with Gasteiger partial charge in [0.05, 0.1) is 0 Å². The van der Waals surface area contributed by atoms with Gasteiger partial charge in [-0.2, -0.15) is 0 Å². The fourth-order valence-corrected chi connectivity index (χ4v) is 2.86. The number of carbonyl (C=O) groups is 1. The number of hydrogen-bond donors (Lipinski definition) is 1. The highest BCUT2D eigenvalue weighted by atomic mass is 16.5. The summed E-state index contributed by atoms with van der Waals surface area (Å²) in [6, 6.07) is 23.1. The Labute approximate surface area is 157 Å². The van der Waals surface area contributed by atoms with E-state index in [1.165, 1.54) is 0 Å². The quantitative estimate of drug-likeness (QED) is 0.578. The Balaban J connectivity index is 1.59. The van der Waals surface area contributed by atoms with E-state index in [4.69, 9.17) is 4.74 Å². The maximum absolute atomic E-state index is 12.5. The normalized spacial score (nSPS) is 10.7. The van der Waals surface area contributed by atoms with Gasteiger partial charge < -0.3 is 10.1 Å². The molecule has 4 aromatic rings. The van der Waals surface area contributed by atoms with Gasteiger partial charge in [-0.25, -0.2) is 4.98 Å². The highest BCUT2D eigenvalue weighted by Gasteiger charge is 2.16. The molecule has 1 amide bonds. The number of hydrogen-bond acceptors (Lipinski definition) is 3. The molecule has 0 saturated heterocycles. The summed E-state index contributed by atoms with van der Waals surface area (Å²) in [7, 11) is 0. The van der Waals surface area contributed by atoms with Crippen molar-refractivity contribution >= 4 is 17.4 Å². The predicted molar refractivity (Wildman–Crippen MR) is 106 cm³/mol. The molecule has 0 aliphatic carbocycles. The third kappa shape index (κ3) is 3.67. The van der Waals surface area contributed by atoms with Crippen LogP contribution in [0.3, 0.4) is 0 Å². The molecule has 0 radical (unpaired) electrons. The molecule has 0 aliphatic heterocycles. The second kappa shape index (κ2) is 7.33. The number of amides is 1. The molecule has 0 saturated carbocycles. The highest BCUT2D eigenvalue weighted by Crippen LogP contribution is 2.28. The molecule has 134 valence electrons. The van der Waals surface area contributed by atoms with Crippen LogP contribution in [0.25, 0.3) is 16.9 Å². The van der Waals surface area contributed by atoms with E-state index in [2.05, 4.69) is 10.3 Å². The van der Waals surface area contributed by atoms with Crippen LogP contribution in [0.15, 0.2) is 79.0 Å². The van der Waals surface area contributed by atoms with Gasteiger partial charge in [0.25, 0.3) is 5.91 Å². The van der Waals surface area contributed by atoms with Crippen molar-refractivity contribution in [3.63, 3.8) is 0 Å². The molecule has 5 heteroatoms. The van der Waals surface area contributed by atoms with Crippen LogP contribution in [0.4, 0.5) is 5.82 Å². The topological polar surface area (TPSA) is 55.6 Å². The third-order valence-electron chi connectivity index (χ3n) is 4.23. The van der Waals surface area contributed by atoms with E-state index in [1.54, 1.807) is 0 Å². The molecule has 0 spiro atoms. The minimum Gasteiger partial charge on any atom is -0.484 e. The molecule has 0 bridgehead atoms. The number of ether oxygens (including phenoxy) is 1. The van der Waals surface area contributed by atoms with E-state index < -0.39 is 0 Å². The minimum absolute atomic E-state index is 0.0721. The summed E-state index contributed by atoms with van der Waals surface area (Å²) >= 11 is 0. The van der Waals surface area contributed by atoms with Crippen molar-refractivity contribution in [2.24, 2.45) is 0 Å². The van der Waals surface area contributed by atoms with Gasteiger partial charge in [-0.3, -0.25) is 9.20 Å². The first-order valence-electron chi connectivity index (χ1n) is 8.72. The van der Waals surface area contributed by atoms with Crippen LogP contribution in [0, 0.1) is 6.92 Å². The number of nitrogens with one attached hydrogen (secondary N) is 1. The average Bonchev–Trinajstić information content (AvgIpc) is 3.07. The summed E-state index contributed by atoms with van der Waals surface area (Å²) in [5.74, 6) is 1.06. The second-order valence-electron chi connectivity index (χ2n) is 6.25. The maximum atomic E-state index is 12.5. The van der Waals surface area contributed by atoms with Crippen LogP contribution >= 0.6 is 0 Å². The Bertz CT molecular complexity index is 1070. The van der Waals surface area contributed by atoms with E-state index in [0.29, 0.717) is 11.6 Å². The van der Waals surface area contributed by atoms with Crippen LogP contribution in [-0.4, -0.2) is 21.9 Å². The monoisotopic (exact) mass is 357 g/mol. The van der Waals surface area contributed by atoms with Crippen molar-refractivity contribution in [3.05, 3.63) is 84.6 Å². The summed E-state index contributed by atoms with van der Waals surface area (Å²) in [5.41, 5.74) is 3.58. The smallest absolute Gasteiger partial charge is 0.263 e. The Morgan fingerprint density at radius 3 is 2.52 bits per heavy atom. The molecule has 0 fully saturated rings. The first-order chi connectivity index (χ1) is 13.2. The molecule has 4 rings (SSSR count). The van der Waals surface area contributed by atoms with Crippen molar-refractivity contribution in [2.45, 2.75) is 6.92 Å². The summed E-state index contributed by atoms with van der Waals surface area (Å²) in [5, 5.41) is 2.95. The number of imidazole rings is 1. The average molecular weight is 357 g/mol. The first kappa shape index (κ1) is 16.8. The van der Waals surface area contributed by atoms with Gasteiger partial charge >= 0.3 is 0 Å². The number of pyridine rings is 1. The first-order valence-corrected chi connectivity index (χ1v) is 8.72. The number of benzene rings is 2. The number of nitrogens with zero attached hydrogens (tertiary/aromatic N) is 2. The summed E-state index contributed by atoms with van der Waals surface area (Å²) in [6.07, 6.45) is 1.88. The number of fused-ring (bicyclic) bond motifs is 1. The van der Waals surface area contributed by atoms with E-state index in [1.807, 2.05) is 90.3 Å². The van der Waals surface area contributed by atoms with Crippen LogP contribution in [-0.2, 0) is 4.79 Å². The van der Waals surface area contributed by atoms with E-state index in [0.717, 1.165) is 22.5 Å². The molecule has 2 heterocycles. The molecule has 0 aliphatic rings. The fourth-order valence-electron chi connectivity index (χ4n) is 2.86. The molecule has 0 atom stereocenters. The lowest BCUT2D eigenvalue weighted by Gasteiger charge is -2.09. The number of rotatable bonds is 5. The Hall–Kier alpha value is -3.60. The SMILES string of the molecule is Cc1ccc(OCC(=O)Nc2c(-c3ccccc3)nc3ccccn23)cc1. The highest BCUT2D eigenvalue weighted by molar-refractivity contribution is 5.95. The maximum Gasteiger partial charge on any atom is 0.263 e. The van der Waals surface area contributed by atoms with Crippen molar-refractivity contribution in [1.82, 2.24) is 9.38 Å². The molecule has 2 aromatic carbocycles. The van der Waals surface area contributed by atoms with Crippen LogP contribution < -0.4 is 10.1 Å². The Kier molecular flexibility index (Phi) is 4.58. The van der Waals surface area contributed by atoms with E-state index in [9.17, 15) is 4.79 Å². The summed E-state index contributed by atoms with van der Waals surface area (Å²) in [6.45, 7) is 1.93. The number of anilines is 1. The zero-order valence-corrected chi connectivity index (χ0v) is 14.9. The third-order valence-corrected chi connectivity index (χ3v) is 4.23. The van der Waals surface area contributed by atoms with Crippen LogP contribution in [0.1, 0.15) is 5.56 Å². The van der Waals surface area contributed by atoms with Gasteiger partial charge in [0.2, 0.25) is 0 Å². The molecule has 0 unspecified atom stereocenters. The van der Waals surface area contributed by atoms with Gasteiger partial charge in [-0.05, 0) is 31.2 Å². The van der Waals surface area contributed by atoms with Crippen molar-refractivity contribution < 1.29 is 9.53 Å². The van der Waals surface area contributed by atoms with Crippen molar-refractivity contribution in [3.8, 4) is 17.0 Å². The standard InChI is InChI=1S/C22H19N3O2/c1-16-10-12-18(13-11-16)27-15-20(26)24-22-21(17-7-3-2-4-8-17)23-19-9-5-6-14-25(19)22/h2-14H,15H2,1H3,(H,24,26). The Morgan fingerprint density at radius 1 is 1.00 bits per heavy atom. The van der Waals surface area contributed by atoms with Gasteiger partial charge in [0.15, 0.2) is 6.61 Å². The van der Waals surface area contributed by atoms with Gasteiger partial charge in [0.1, 0.15) is 22.9 Å². The number of aryl methyl sites for hydroxylation is 1. The van der Waals surface area contributed by atoms with E-state index in [-0.39, 0.29) is 12.5 Å². The van der Waals surface area contributed by atoms with Crippen LogP contribution in [0.2, 0.25) is 0 Å². The largest absolute Gasteiger partial charge is 0.484 e. The fraction of sp³-hybridized carbons (Fsp3) is 0.0909. The molecule has 1 N–H and O–H groups in total. The minimum atomic E-state index is -0.238. The van der Waals surface area contributed by atoms with Crippen molar-refractivity contribution in [2.75, 3.05) is 11.9 Å². The van der Waals surface area contributed by atoms with Gasteiger partial charge in [-0.1, -0.05) is 54.1 Å². The zero-order valence-electron chi connectivity index (χ0n) is 14.9. The lowest BCUT2D eigenvalue weighted by atomic mass is 10.1. The second-order valence-corrected chi connectivity index (χ2v) is 6.25. The predicted octanol–water partition coefficient (Wildman–Crippen LogP) is 4.33. The molecule has 2 aromatic heterocycles. The van der Waals surface area contributed by atoms with Crippen LogP contribution in [0.5, 0.6) is 5.75 Å². The Morgan fingerprint density at radius 2 is 1.74 bits per heavy atom. The lowest BCUT2D eigenvalue weighted by Crippen LogP contribution is -2.21. The number of aromatic nitrogens is 2. The summed E-state index contributed by atoms with van der Waals surface area (Å²) < 4.78 is 7.45. The number of carbonyl (C=O) groups excluding carboxylic acids is 1. The summed E-state index contributed by atoms with van der Waals surface area (Å²) in [4.78, 5) is 17.2. The molecular weight excluding hydrogens is 338 g/mol. The lowest BCUT2D eigenvalue weighted by molar-refractivity contribution is -0.118.